The molecule has 1 saturated carbocycles. The van der Waals surface area contributed by atoms with E-state index in [1.54, 1.807) is 0 Å². The molecule has 0 unspecified atom stereocenters. The minimum absolute atomic E-state index is 0.144. The van der Waals surface area contributed by atoms with E-state index in [-0.39, 0.29) is 24.3 Å². The SMILES string of the molecule is COC(=O)C1CCC(O)(CNC(=O)c2cc(C)ccc2C)CC1. The van der Waals surface area contributed by atoms with Crippen molar-refractivity contribution in [3.05, 3.63) is 34.9 Å². The fraction of sp³-hybridized carbons (Fsp3) is 0.556. The second-order valence-corrected chi connectivity index (χ2v) is 6.52. The van der Waals surface area contributed by atoms with Gasteiger partial charge in [-0.25, -0.2) is 0 Å². The van der Waals surface area contributed by atoms with E-state index in [1.807, 2.05) is 32.0 Å². The number of ether oxygens (including phenoxy) is 1. The van der Waals surface area contributed by atoms with Gasteiger partial charge in [-0.1, -0.05) is 17.7 Å². The van der Waals surface area contributed by atoms with Gasteiger partial charge in [0.15, 0.2) is 0 Å². The Morgan fingerprint density at radius 2 is 1.96 bits per heavy atom. The second-order valence-electron chi connectivity index (χ2n) is 6.52. The summed E-state index contributed by atoms with van der Waals surface area (Å²) in [5, 5.41) is 13.4. The highest BCUT2D eigenvalue weighted by Crippen LogP contribution is 2.32. The molecule has 0 heterocycles. The molecule has 0 aliphatic heterocycles. The third kappa shape index (κ3) is 4.32. The second kappa shape index (κ2) is 7.13. The molecule has 1 fully saturated rings. The molecule has 2 N–H and O–H groups in total. The van der Waals surface area contributed by atoms with Crippen LogP contribution < -0.4 is 5.32 Å². The summed E-state index contributed by atoms with van der Waals surface area (Å²) >= 11 is 0. The van der Waals surface area contributed by atoms with Gasteiger partial charge in [-0.3, -0.25) is 9.59 Å². The van der Waals surface area contributed by atoms with Gasteiger partial charge in [-0.15, -0.1) is 0 Å². The Labute approximate surface area is 137 Å². The number of aryl methyl sites for hydroxylation is 2. The van der Waals surface area contributed by atoms with E-state index in [0.717, 1.165) is 11.1 Å². The predicted octanol–water partition coefficient (Wildman–Crippen LogP) is 2.13. The molecule has 5 heteroatoms. The highest BCUT2D eigenvalue weighted by atomic mass is 16.5. The topological polar surface area (TPSA) is 75.6 Å². The van der Waals surface area contributed by atoms with Crippen LogP contribution in [0.1, 0.15) is 47.2 Å². The summed E-state index contributed by atoms with van der Waals surface area (Å²) in [4.78, 5) is 23.8. The van der Waals surface area contributed by atoms with Crippen LogP contribution in [0.4, 0.5) is 0 Å². The quantitative estimate of drug-likeness (QED) is 0.834. The van der Waals surface area contributed by atoms with Gasteiger partial charge in [-0.05, 0) is 51.2 Å². The average Bonchev–Trinajstić information content (AvgIpc) is 2.55. The number of amides is 1. The van der Waals surface area contributed by atoms with Crippen LogP contribution in [0.5, 0.6) is 0 Å². The molecule has 1 amide bonds. The Bertz CT molecular complexity index is 589. The zero-order chi connectivity index (χ0) is 17.0. The van der Waals surface area contributed by atoms with Crippen molar-refractivity contribution in [3.63, 3.8) is 0 Å². The number of methoxy groups -OCH3 is 1. The first-order valence-electron chi connectivity index (χ1n) is 8.00. The fourth-order valence-corrected chi connectivity index (χ4v) is 3.05. The van der Waals surface area contributed by atoms with E-state index in [4.69, 9.17) is 4.74 Å². The van der Waals surface area contributed by atoms with E-state index < -0.39 is 5.60 Å². The molecule has 0 aromatic heterocycles. The lowest BCUT2D eigenvalue weighted by atomic mass is 9.78. The number of carbonyl (C=O) groups is 2. The molecule has 126 valence electrons. The average molecular weight is 319 g/mol. The molecule has 0 saturated heterocycles. The van der Waals surface area contributed by atoms with Crippen LogP contribution in [0.2, 0.25) is 0 Å². The first kappa shape index (κ1) is 17.5. The van der Waals surface area contributed by atoms with Gasteiger partial charge in [0, 0.05) is 12.1 Å². The van der Waals surface area contributed by atoms with E-state index in [2.05, 4.69) is 5.32 Å². The van der Waals surface area contributed by atoms with E-state index in [9.17, 15) is 14.7 Å². The van der Waals surface area contributed by atoms with Gasteiger partial charge < -0.3 is 15.2 Å². The minimum atomic E-state index is -0.947. The maximum Gasteiger partial charge on any atom is 0.308 e. The summed E-state index contributed by atoms with van der Waals surface area (Å²) in [6.07, 6.45) is 2.14. The van der Waals surface area contributed by atoms with Crippen molar-refractivity contribution in [1.82, 2.24) is 5.32 Å². The van der Waals surface area contributed by atoms with Crippen molar-refractivity contribution in [2.45, 2.75) is 45.1 Å². The summed E-state index contributed by atoms with van der Waals surface area (Å²) < 4.78 is 4.75. The summed E-state index contributed by atoms with van der Waals surface area (Å²) in [7, 11) is 1.38. The number of rotatable bonds is 4. The van der Waals surface area contributed by atoms with Crippen LogP contribution in [-0.2, 0) is 9.53 Å². The fourth-order valence-electron chi connectivity index (χ4n) is 3.05. The Morgan fingerprint density at radius 1 is 1.30 bits per heavy atom. The number of benzene rings is 1. The van der Waals surface area contributed by atoms with Crippen molar-refractivity contribution < 1.29 is 19.4 Å². The highest BCUT2D eigenvalue weighted by molar-refractivity contribution is 5.95. The van der Waals surface area contributed by atoms with Gasteiger partial charge in [0.2, 0.25) is 0 Å². The number of hydrogen-bond acceptors (Lipinski definition) is 4. The van der Waals surface area contributed by atoms with Crippen LogP contribution in [0.15, 0.2) is 18.2 Å². The zero-order valence-electron chi connectivity index (χ0n) is 14.0. The molecule has 0 spiro atoms. The first-order chi connectivity index (χ1) is 10.8. The third-order valence-corrected chi connectivity index (χ3v) is 4.67. The van der Waals surface area contributed by atoms with Crippen LogP contribution in [0.3, 0.4) is 0 Å². The largest absolute Gasteiger partial charge is 0.469 e. The molecule has 23 heavy (non-hydrogen) atoms. The molecule has 0 bridgehead atoms. The first-order valence-corrected chi connectivity index (χ1v) is 8.00. The lowest BCUT2D eigenvalue weighted by Crippen LogP contribution is -2.46. The molecular formula is C18H25NO4. The maximum atomic E-state index is 12.3. The summed E-state index contributed by atoms with van der Waals surface area (Å²) in [5.41, 5.74) is 1.63. The molecule has 0 atom stereocenters. The Kier molecular flexibility index (Phi) is 5.42. The minimum Gasteiger partial charge on any atom is -0.469 e. The Balaban J connectivity index is 1.92. The smallest absolute Gasteiger partial charge is 0.308 e. The predicted molar refractivity (Wildman–Crippen MR) is 87.2 cm³/mol. The summed E-state index contributed by atoms with van der Waals surface area (Å²) in [6.45, 7) is 4.04. The summed E-state index contributed by atoms with van der Waals surface area (Å²) in [5.74, 6) is -0.531. The van der Waals surface area contributed by atoms with E-state index in [0.29, 0.717) is 31.2 Å². The van der Waals surface area contributed by atoms with Crippen LogP contribution >= 0.6 is 0 Å². The summed E-state index contributed by atoms with van der Waals surface area (Å²) in [6, 6.07) is 5.73. The van der Waals surface area contributed by atoms with Gasteiger partial charge in [0.1, 0.15) is 0 Å². The van der Waals surface area contributed by atoms with Crippen LogP contribution in [0.25, 0.3) is 0 Å². The number of nitrogens with one attached hydrogen (secondary N) is 1. The van der Waals surface area contributed by atoms with Gasteiger partial charge in [0.05, 0.1) is 18.6 Å². The van der Waals surface area contributed by atoms with Crippen molar-refractivity contribution in [3.8, 4) is 0 Å². The molecule has 1 aromatic rings. The third-order valence-electron chi connectivity index (χ3n) is 4.67. The maximum absolute atomic E-state index is 12.3. The Hall–Kier alpha value is -1.88. The van der Waals surface area contributed by atoms with Crippen molar-refractivity contribution in [2.24, 2.45) is 5.92 Å². The van der Waals surface area contributed by atoms with Crippen molar-refractivity contribution in [1.29, 1.82) is 0 Å². The standard InChI is InChI=1S/C18H25NO4/c1-12-4-5-13(2)15(10-12)16(20)19-11-18(22)8-6-14(7-9-18)17(21)23-3/h4-5,10,14,22H,6-9,11H2,1-3H3,(H,19,20). The Morgan fingerprint density at radius 3 is 2.57 bits per heavy atom. The van der Waals surface area contributed by atoms with E-state index in [1.165, 1.54) is 7.11 Å². The number of aliphatic hydroxyl groups is 1. The molecule has 1 aromatic carbocycles. The van der Waals surface area contributed by atoms with Crippen LogP contribution in [-0.4, -0.2) is 36.2 Å². The normalized spacial score (nSPS) is 24.1. The van der Waals surface area contributed by atoms with Gasteiger partial charge in [-0.2, -0.15) is 0 Å². The van der Waals surface area contributed by atoms with Crippen molar-refractivity contribution in [2.75, 3.05) is 13.7 Å². The molecule has 1 aliphatic carbocycles. The van der Waals surface area contributed by atoms with Crippen LogP contribution in [0, 0.1) is 19.8 Å². The van der Waals surface area contributed by atoms with Crippen molar-refractivity contribution >= 4 is 11.9 Å². The monoisotopic (exact) mass is 319 g/mol. The lowest BCUT2D eigenvalue weighted by molar-refractivity contribution is -0.148. The molecular weight excluding hydrogens is 294 g/mol. The number of carbonyl (C=O) groups excluding carboxylic acids is 2. The number of esters is 1. The van der Waals surface area contributed by atoms with Gasteiger partial charge in [0.25, 0.3) is 5.91 Å². The lowest BCUT2D eigenvalue weighted by Gasteiger charge is -2.35. The molecule has 2 rings (SSSR count). The van der Waals surface area contributed by atoms with Gasteiger partial charge >= 0.3 is 5.97 Å². The molecule has 1 aliphatic rings. The van der Waals surface area contributed by atoms with E-state index >= 15 is 0 Å². The molecule has 0 radical (unpaired) electrons. The number of hydrogen-bond donors (Lipinski definition) is 2. The zero-order valence-corrected chi connectivity index (χ0v) is 14.0. The highest BCUT2D eigenvalue weighted by Gasteiger charge is 2.36. The molecule has 5 nitrogen and oxygen atoms in total.